The molecule has 1 rings (SSSR count). The summed E-state index contributed by atoms with van der Waals surface area (Å²) in [6.07, 6.45) is 0. The average molecular weight is 346 g/mol. The van der Waals surface area contributed by atoms with Gasteiger partial charge in [-0.2, -0.15) is 12.6 Å². The first-order valence-corrected chi connectivity index (χ1v) is 14.3. The predicted molar refractivity (Wildman–Crippen MR) is 73.4 cm³/mol. The molecule has 1 aromatic carbocycles. The van der Waals surface area contributed by atoms with Gasteiger partial charge in [0.05, 0.1) is 5.75 Å². The molecule has 0 N–H and O–H groups in total. The first-order valence-electron chi connectivity index (χ1n) is 5.13. The molecule has 4 heteroatoms. The van der Waals surface area contributed by atoms with Crippen LogP contribution in [0.25, 0.3) is 0 Å². The summed E-state index contributed by atoms with van der Waals surface area (Å²) in [4.78, 5) is 17.8. The molecular weight excluding hydrogens is 327 g/mol. The molecule has 0 saturated carbocycles. The zero-order valence-corrected chi connectivity index (χ0v) is 13.8. The summed E-state index contributed by atoms with van der Waals surface area (Å²) >= 11 is 3.24. The van der Waals surface area contributed by atoms with E-state index >= 15 is 0 Å². The molecule has 0 saturated heterocycles. The van der Waals surface area contributed by atoms with Crippen molar-refractivity contribution in [1.29, 1.82) is 0 Å². The number of carbonyl (C=O) groups is 1. The molecule has 0 aromatic heterocycles. The van der Waals surface area contributed by atoms with Gasteiger partial charge < -0.3 is 4.74 Å². The SMILES string of the molecule is O=C(CS)OCc1ccccc1.[CH3][Sn]([CH3])[CH3]. The van der Waals surface area contributed by atoms with Crippen LogP contribution in [0.4, 0.5) is 0 Å². The van der Waals surface area contributed by atoms with Gasteiger partial charge in [-0.25, -0.2) is 0 Å². The summed E-state index contributed by atoms with van der Waals surface area (Å²) in [5.41, 5.74) is 0.993. The molecule has 89 valence electrons. The number of hydrogen-bond acceptors (Lipinski definition) is 3. The minimum absolute atomic E-state index is 0.132. The van der Waals surface area contributed by atoms with Crippen molar-refractivity contribution in [1.82, 2.24) is 0 Å². The monoisotopic (exact) mass is 347 g/mol. The third kappa shape index (κ3) is 10.4. The molecule has 0 unspecified atom stereocenters. The fraction of sp³-hybridized carbons (Fsp3) is 0.417. The van der Waals surface area contributed by atoms with Crippen molar-refractivity contribution in [2.24, 2.45) is 0 Å². The number of benzene rings is 1. The Balaban J connectivity index is 0.000000487. The van der Waals surface area contributed by atoms with Gasteiger partial charge in [-0.1, -0.05) is 30.3 Å². The van der Waals surface area contributed by atoms with Gasteiger partial charge in [-0.15, -0.1) is 0 Å². The van der Waals surface area contributed by atoms with Gasteiger partial charge in [0.2, 0.25) is 0 Å². The van der Waals surface area contributed by atoms with Crippen molar-refractivity contribution in [3.8, 4) is 0 Å². The topological polar surface area (TPSA) is 26.3 Å². The van der Waals surface area contributed by atoms with Gasteiger partial charge in [-0.05, 0) is 5.56 Å². The van der Waals surface area contributed by atoms with Gasteiger partial charge >= 0.3 is 40.5 Å². The second kappa shape index (κ2) is 10.0. The molecule has 1 aromatic rings. The third-order valence-corrected chi connectivity index (χ3v) is 1.63. The molecule has 0 atom stereocenters. The molecule has 0 aliphatic rings. The standard InChI is InChI=1S/C9H10O2S.3CH3.Sn/c10-9(7-12)11-6-8-4-2-1-3-5-8;;;;/h1-5,12H,6-7H2;3*1H3;. The van der Waals surface area contributed by atoms with Crippen LogP contribution >= 0.6 is 12.6 Å². The number of thiol groups is 1. The van der Waals surface area contributed by atoms with Crippen molar-refractivity contribution >= 4 is 38.4 Å². The molecule has 0 fully saturated rings. The zero-order chi connectivity index (χ0) is 12.4. The Morgan fingerprint density at radius 2 is 1.75 bits per heavy atom. The third-order valence-electron chi connectivity index (χ3n) is 1.37. The van der Waals surface area contributed by atoms with Crippen LogP contribution in [-0.2, 0) is 16.1 Å². The molecule has 1 radical (unpaired) electrons. The van der Waals surface area contributed by atoms with Crippen molar-refractivity contribution in [2.75, 3.05) is 5.75 Å². The molecular formula is C12H19O2SSn. The normalized spacial score (nSPS) is 9.31. The number of carbonyl (C=O) groups excluding carboxylic acids is 1. The van der Waals surface area contributed by atoms with Crippen LogP contribution in [-0.4, -0.2) is 31.5 Å². The van der Waals surface area contributed by atoms with E-state index in [0.717, 1.165) is 5.56 Å². The van der Waals surface area contributed by atoms with Crippen LogP contribution in [0.2, 0.25) is 14.8 Å². The van der Waals surface area contributed by atoms with Crippen LogP contribution in [0, 0.1) is 0 Å². The molecule has 0 amide bonds. The van der Waals surface area contributed by atoms with Crippen LogP contribution < -0.4 is 0 Å². The van der Waals surface area contributed by atoms with Crippen LogP contribution in [0.15, 0.2) is 30.3 Å². The van der Waals surface area contributed by atoms with E-state index in [0.29, 0.717) is 6.61 Å². The molecule has 0 spiro atoms. The summed E-state index contributed by atoms with van der Waals surface area (Å²) < 4.78 is 4.86. The zero-order valence-electron chi connectivity index (χ0n) is 10.1. The summed E-state index contributed by atoms with van der Waals surface area (Å²) in [6, 6.07) is 9.55. The van der Waals surface area contributed by atoms with E-state index in [1.54, 1.807) is 0 Å². The Bertz CT molecular complexity index is 286. The Labute approximate surface area is 111 Å². The van der Waals surface area contributed by atoms with Crippen molar-refractivity contribution in [2.45, 2.75) is 21.4 Å². The van der Waals surface area contributed by atoms with Crippen molar-refractivity contribution < 1.29 is 9.53 Å². The summed E-state index contributed by atoms with van der Waals surface area (Å²) in [5.74, 6) is -0.158. The number of rotatable bonds is 3. The Hall–Kier alpha value is -0.161. The molecule has 0 heterocycles. The van der Waals surface area contributed by atoms with E-state index in [2.05, 4.69) is 27.4 Å². The summed E-state index contributed by atoms with van der Waals surface area (Å²) in [7, 11) is 0. The van der Waals surface area contributed by atoms with E-state index in [1.807, 2.05) is 30.3 Å². The van der Waals surface area contributed by atoms with Crippen molar-refractivity contribution in [3.05, 3.63) is 35.9 Å². The number of hydrogen-bond donors (Lipinski definition) is 1. The average Bonchev–Trinajstić information content (AvgIpc) is 2.26. The molecule has 0 aliphatic carbocycles. The molecule has 0 bridgehead atoms. The quantitative estimate of drug-likeness (QED) is 0.517. The van der Waals surface area contributed by atoms with E-state index in [-0.39, 0.29) is 11.7 Å². The fourth-order valence-corrected chi connectivity index (χ4v) is 0.875. The first-order chi connectivity index (χ1) is 7.56. The van der Waals surface area contributed by atoms with Gasteiger partial charge in [-0.3, -0.25) is 4.79 Å². The van der Waals surface area contributed by atoms with Crippen LogP contribution in [0.1, 0.15) is 5.56 Å². The summed E-state index contributed by atoms with van der Waals surface area (Å²) in [5, 5.41) is 0. The Morgan fingerprint density at radius 1 is 1.25 bits per heavy atom. The first kappa shape index (κ1) is 15.8. The fourth-order valence-electron chi connectivity index (χ4n) is 0.784. The second-order valence-corrected chi connectivity index (χ2v) is 12.7. The van der Waals surface area contributed by atoms with Gasteiger partial charge in [0.1, 0.15) is 6.61 Å². The van der Waals surface area contributed by atoms with Gasteiger partial charge in [0.15, 0.2) is 0 Å². The predicted octanol–water partition coefficient (Wildman–Crippen LogP) is 3.03. The molecule has 16 heavy (non-hydrogen) atoms. The maximum atomic E-state index is 10.7. The Kier molecular flexibility index (Phi) is 9.92. The maximum absolute atomic E-state index is 10.7. The van der Waals surface area contributed by atoms with E-state index < -0.39 is 19.8 Å². The molecule has 0 aliphatic heterocycles. The van der Waals surface area contributed by atoms with E-state index in [9.17, 15) is 4.79 Å². The van der Waals surface area contributed by atoms with E-state index in [1.165, 1.54) is 0 Å². The van der Waals surface area contributed by atoms with Gasteiger partial charge in [0, 0.05) is 0 Å². The Morgan fingerprint density at radius 3 is 2.19 bits per heavy atom. The van der Waals surface area contributed by atoms with Crippen LogP contribution in [0.5, 0.6) is 0 Å². The van der Waals surface area contributed by atoms with Crippen molar-refractivity contribution in [3.63, 3.8) is 0 Å². The second-order valence-electron chi connectivity index (χ2n) is 3.80. The molecule has 2 nitrogen and oxygen atoms in total. The van der Waals surface area contributed by atoms with Gasteiger partial charge in [0.25, 0.3) is 0 Å². The number of esters is 1. The number of ether oxygens (including phenoxy) is 1. The van der Waals surface area contributed by atoms with Crippen LogP contribution in [0.3, 0.4) is 0 Å². The summed E-state index contributed by atoms with van der Waals surface area (Å²) in [6.45, 7) is 0.334. The minimum atomic E-state index is -0.543. The van der Waals surface area contributed by atoms with E-state index in [4.69, 9.17) is 4.74 Å².